The summed E-state index contributed by atoms with van der Waals surface area (Å²) in [4.78, 5) is 14.4. The summed E-state index contributed by atoms with van der Waals surface area (Å²) in [6, 6.07) is 16.0. The third-order valence-electron chi connectivity index (χ3n) is 4.48. The van der Waals surface area contributed by atoms with Gasteiger partial charge >= 0.3 is 6.03 Å². The summed E-state index contributed by atoms with van der Waals surface area (Å²) in [5, 5.41) is 2.85. The van der Waals surface area contributed by atoms with Gasteiger partial charge in [-0.1, -0.05) is 36.4 Å². The number of rotatable bonds is 3. The first kappa shape index (κ1) is 18.4. The molecule has 0 unspecified atom stereocenters. The van der Waals surface area contributed by atoms with Crippen molar-refractivity contribution in [3.63, 3.8) is 0 Å². The predicted octanol–water partition coefficient (Wildman–Crippen LogP) is 2.92. The highest BCUT2D eigenvalue weighted by atomic mass is 32.2. The van der Waals surface area contributed by atoms with E-state index in [1.54, 1.807) is 30.0 Å². The number of nitrogens with one attached hydrogen (secondary N) is 1. The van der Waals surface area contributed by atoms with E-state index < -0.39 is 10.0 Å². The number of sulfonamides is 1. The third-order valence-corrected chi connectivity index (χ3v) is 6.54. The maximum absolute atomic E-state index is 12.9. The van der Waals surface area contributed by atoms with Gasteiger partial charge in [-0.05, 0) is 37.1 Å². The Balaban J connectivity index is 1.68. The Hall–Kier alpha value is -2.38. The second kappa shape index (κ2) is 7.88. The number of nitrogens with zero attached hydrogens (tertiary/aromatic N) is 2. The van der Waals surface area contributed by atoms with Crippen molar-refractivity contribution in [1.82, 2.24) is 9.21 Å². The van der Waals surface area contributed by atoms with Crippen LogP contribution in [0.15, 0.2) is 59.5 Å². The summed E-state index contributed by atoms with van der Waals surface area (Å²) in [6.45, 7) is 3.39. The normalized spacial score (nSPS) is 16.1. The molecule has 3 rings (SSSR count). The molecule has 0 radical (unpaired) electrons. The first-order chi connectivity index (χ1) is 12.5. The molecule has 138 valence electrons. The highest BCUT2D eigenvalue weighted by Crippen LogP contribution is 2.21. The van der Waals surface area contributed by atoms with Gasteiger partial charge < -0.3 is 10.2 Å². The monoisotopic (exact) mass is 373 g/mol. The molecule has 0 saturated carbocycles. The summed E-state index contributed by atoms with van der Waals surface area (Å²) in [7, 11) is -3.55. The molecule has 1 N–H and O–H groups in total. The van der Waals surface area contributed by atoms with Gasteiger partial charge in [-0.15, -0.1) is 0 Å². The van der Waals surface area contributed by atoms with E-state index >= 15 is 0 Å². The summed E-state index contributed by atoms with van der Waals surface area (Å²) >= 11 is 0. The van der Waals surface area contributed by atoms with Gasteiger partial charge in [0.05, 0.1) is 4.90 Å². The average molecular weight is 373 g/mol. The number of carbonyl (C=O) groups is 1. The lowest BCUT2D eigenvalue weighted by Gasteiger charge is -2.22. The minimum Gasteiger partial charge on any atom is -0.323 e. The van der Waals surface area contributed by atoms with Crippen LogP contribution in [0.1, 0.15) is 12.0 Å². The summed E-state index contributed by atoms with van der Waals surface area (Å²) in [6.07, 6.45) is 0.604. The first-order valence-corrected chi connectivity index (χ1v) is 10.1. The fourth-order valence-electron chi connectivity index (χ4n) is 3.05. The van der Waals surface area contributed by atoms with Crippen LogP contribution in [0.4, 0.5) is 10.5 Å². The van der Waals surface area contributed by atoms with Crippen molar-refractivity contribution in [2.75, 3.05) is 31.5 Å². The molecule has 0 bridgehead atoms. The van der Waals surface area contributed by atoms with Crippen LogP contribution in [0.5, 0.6) is 0 Å². The quantitative estimate of drug-likeness (QED) is 0.899. The zero-order valence-electron chi connectivity index (χ0n) is 14.8. The zero-order chi connectivity index (χ0) is 18.6. The van der Waals surface area contributed by atoms with Gasteiger partial charge in [-0.3, -0.25) is 0 Å². The van der Waals surface area contributed by atoms with E-state index in [1.165, 1.54) is 4.31 Å². The Morgan fingerprint density at radius 3 is 2.35 bits per heavy atom. The molecule has 0 aromatic heterocycles. The topological polar surface area (TPSA) is 69.7 Å². The van der Waals surface area contributed by atoms with Crippen molar-refractivity contribution in [2.24, 2.45) is 0 Å². The Bertz CT molecular complexity index is 869. The molecule has 6 nitrogen and oxygen atoms in total. The fraction of sp³-hybridized carbons (Fsp3) is 0.316. The lowest BCUT2D eigenvalue weighted by molar-refractivity contribution is 0.214. The van der Waals surface area contributed by atoms with Crippen molar-refractivity contribution in [3.05, 3.63) is 60.2 Å². The van der Waals surface area contributed by atoms with Gasteiger partial charge in [0, 0.05) is 31.9 Å². The Kier molecular flexibility index (Phi) is 5.58. The predicted molar refractivity (Wildman–Crippen MR) is 102 cm³/mol. The van der Waals surface area contributed by atoms with Crippen LogP contribution < -0.4 is 5.32 Å². The van der Waals surface area contributed by atoms with Crippen LogP contribution >= 0.6 is 0 Å². The zero-order valence-corrected chi connectivity index (χ0v) is 15.6. The van der Waals surface area contributed by atoms with E-state index in [-0.39, 0.29) is 6.03 Å². The largest absolute Gasteiger partial charge is 0.323 e. The number of benzene rings is 2. The van der Waals surface area contributed by atoms with E-state index in [2.05, 4.69) is 5.32 Å². The molecule has 26 heavy (non-hydrogen) atoms. The van der Waals surface area contributed by atoms with Gasteiger partial charge in [0.2, 0.25) is 10.0 Å². The second-order valence-electron chi connectivity index (χ2n) is 6.31. The number of amides is 2. The molecule has 1 aliphatic rings. The maximum Gasteiger partial charge on any atom is 0.321 e. The Morgan fingerprint density at radius 2 is 1.62 bits per heavy atom. The van der Waals surface area contributed by atoms with E-state index in [1.807, 2.05) is 36.4 Å². The molecule has 0 aliphatic carbocycles. The highest BCUT2D eigenvalue weighted by molar-refractivity contribution is 7.89. The van der Waals surface area contributed by atoms with Crippen molar-refractivity contribution >= 4 is 21.7 Å². The average Bonchev–Trinajstić information content (AvgIpc) is 2.89. The van der Waals surface area contributed by atoms with E-state index in [0.717, 1.165) is 11.3 Å². The lowest BCUT2D eigenvalue weighted by atomic mass is 10.2. The van der Waals surface area contributed by atoms with Crippen molar-refractivity contribution < 1.29 is 13.2 Å². The molecule has 1 aliphatic heterocycles. The van der Waals surface area contributed by atoms with E-state index in [4.69, 9.17) is 0 Å². The number of aryl methyl sites for hydroxylation is 1. The molecule has 2 aromatic rings. The molecule has 1 saturated heterocycles. The maximum atomic E-state index is 12.9. The van der Waals surface area contributed by atoms with Crippen LogP contribution in [0.25, 0.3) is 0 Å². The number of hydrogen-bond acceptors (Lipinski definition) is 3. The van der Waals surface area contributed by atoms with Gasteiger partial charge in [0.25, 0.3) is 0 Å². The smallest absolute Gasteiger partial charge is 0.321 e. The fourth-order valence-corrected chi connectivity index (χ4v) is 4.74. The lowest BCUT2D eigenvalue weighted by Crippen LogP contribution is -2.39. The van der Waals surface area contributed by atoms with Crippen LogP contribution in [0.3, 0.4) is 0 Å². The molecule has 2 aromatic carbocycles. The third kappa shape index (κ3) is 4.05. The summed E-state index contributed by atoms with van der Waals surface area (Å²) < 4.78 is 27.3. The molecule has 1 heterocycles. The number of hydrogen-bond donors (Lipinski definition) is 1. The molecule has 0 atom stereocenters. The van der Waals surface area contributed by atoms with Crippen molar-refractivity contribution in [2.45, 2.75) is 18.2 Å². The minimum atomic E-state index is -3.55. The standard InChI is InChI=1S/C19H23N3O3S/c1-16-8-5-6-11-18(16)26(24,25)22-13-7-12-21(14-15-22)19(23)20-17-9-3-2-4-10-17/h2-6,8-11H,7,12-15H2,1H3,(H,20,23). The Labute approximate surface area is 154 Å². The van der Waals surface area contributed by atoms with Crippen LogP contribution in [0, 0.1) is 6.92 Å². The van der Waals surface area contributed by atoms with Crippen molar-refractivity contribution in [1.29, 1.82) is 0 Å². The van der Waals surface area contributed by atoms with Crippen LogP contribution in [0.2, 0.25) is 0 Å². The molecular formula is C19H23N3O3S. The Morgan fingerprint density at radius 1 is 0.923 bits per heavy atom. The molecule has 7 heteroatoms. The number of anilines is 1. The van der Waals surface area contributed by atoms with Gasteiger partial charge in [0.1, 0.15) is 0 Å². The number of carbonyl (C=O) groups excluding carboxylic acids is 1. The minimum absolute atomic E-state index is 0.202. The van der Waals surface area contributed by atoms with Gasteiger partial charge in [-0.2, -0.15) is 4.31 Å². The SMILES string of the molecule is Cc1ccccc1S(=O)(=O)N1CCCN(C(=O)Nc2ccccc2)CC1. The number of urea groups is 1. The second-order valence-corrected chi connectivity index (χ2v) is 8.21. The van der Waals surface area contributed by atoms with E-state index in [0.29, 0.717) is 37.5 Å². The van der Waals surface area contributed by atoms with Gasteiger partial charge in [0.15, 0.2) is 0 Å². The van der Waals surface area contributed by atoms with Crippen molar-refractivity contribution in [3.8, 4) is 0 Å². The first-order valence-electron chi connectivity index (χ1n) is 8.65. The molecular weight excluding hydrogens is 350 g/mol. The molecule has 0 spiro atoms. The number of para-hydroxylation sites is 1. The molecule has 1 fully saturated rings. The summed E-state index contributed by atoms with van der Waals surface area (Å²) in [5.41, 5.74) is 1.46. The van der Waals surface area contributed by atoms with E-state index in [9.17, 15) is 13.2 Å². The molecule has 2 amide bonds. The van der Waals surface area contributed by atoms with Crippen LogP contribution in [-0.2, 0) is 10.0 Å². The van der Waals surface area contributed by atoms with Gasteiger partial charge in [-0.25, -0.2) is 13.2 Å². The highest BCUT2D eigenvalue weighted by Gasteiger charge is 2.29. The summed E-state index contributed by atoms with van der Waals surface area (Å²) in [5.74, 6) is 0. The van der Waals surface area contributed by atoms with Crippen LogP contribution in [-0.4, -0.2) is 49.8 Å².